The zero-order chi connectivity index (χ0) is 30.3. The number of imide groups is 2. The van der Waals surface area contributed by atoms with E-state index in [0.29, 0.717) is 22.3 Å². The molecule has 210 valence electrons. The van der Waals surface area contributed by atoms with Crippen molar-refractivity contribution >= 4 is 35.6 Å². The molecule has 2 aliphatic heterocycles. The second kappa shape index (κ2) is 10.7. The van der Waals surface area contributed by atoms with Crippen molar-refractivity contribution in [3.63, 3.8) is 0 Å². The first-order valence-electron chi connectivity index (χ1n) is 12.8. The highest BCUT2D eigenvalue weighted by molar-refractivity contribution is 6.27. The largest absolute Gasteiger partial charge is 0.458 e. The number of benzene rings is 3. The van der Waals surface area contributed by atoms with E-state index in [1.54, 1.807) is 38.1 Å². The number of hydrogen-bond donors (Lipinski definition) is 2. The Morgan fingerprint density at radius 3 is 1.40 bits per heavy atom. The number of carbonyl (C=O) groups is 6. The summed E-state index contributed by atoms with van der Waals surface area (Å²) in [5, 5.41) is 4.49. The van der Waals surface area contributed by atoms with Crippen LogP contribution in [0.1, 0.15) is 76.0 Å². The van der Waals surface area contributed by atoms with Gasteiger partial charge in [-0.3, -0.25) is 29.8 Å². The van der Waals surface area contributed by atoms with Gasteiger partial charge in [-0.2, -0.15) is 0 Å². The van der Waals surface area contributed by atoms with Crippen molar-refractivity contribution in [3.8, 4) is 22.3 Å². The van der Waals surface area contributed by atoms with Gasteiger partial charge in [0.05, 0.1) is 33.4 Å². The maximum atomic E-state index is 13.2. The van der Waals surface area contributed by atoms with Crippen LogP contribution in [0.4, 0.5) is 0 Å². The molecule has 10 nitrogen and oxygen atoms in total. The normalized spacial score (nSPS) is 13.2. The summed E-state index contributed by atoms with van der Waals surface area (Å²) in [6.07, 6.45) is 0. The van der Waals surface area contributed by atoms with Crippen molar-refractivity contribution in [2.24, 2.45) is 0 Å². The van der Waals surface area contributed by atoms with Gasteiger partial charge >= 0.3 is 11.9 Å². The number of fused-ring (bicyclic) bond motifs is 2. The summed E-state index contributed by atoms with van der Waals surface area (Å²) < 4.78 is 10.7. The molecule has 0 fully saturated rings. The Hall–Kier alpha value is -5.64. The fraction of sp³-hybridized carbons (Fsp3) is 0.125. The maximum absolute atomic E-state index is 13.2. The quantitative estimate of drug-likeness (QED) is 0.235. The van der Waals surface area contributed by atoms with Crippen LogP contribution in [0, 0.1) is 0 Å². The number of hydrogen-bond acceptors (Lipinski definition) is 8. The molecule has 3 aromatic rings. The monoisotopic (exact) mass is 564 g/mol. The zero-order valence-corrected chi connectivity index (χ0v) is 22.7. The minimum absolute atomic E-state index is 0.0179. The van der Waals surface area contributed by atoms with E-state index in [0.717, 1.165) is 0 Å². The van der Waals surface area contributed by atoms with Crippen molar-refractivity contribution in [1.29, 1.82) is 0 Å². The van der Waals surface area contributed by atoms with Crippen molar-refractivity contribution in [2.45, 2.75) is 13.8 Å². The number of carbonyl (C=O) groups excluding carboxylic acids is 6. The molecule has 0 saturated carbocycles. The van der Waals surface area contributed by atoms with Crippen LogP contribution in [-0.2, 0) is 9.47 Å². The summed E-state index contributed by atoms with van der Waals surface area (Å²) in [6.45, 7) is 10.7. The predicted octanol–water partition coefficient (Wildman–Crippen LogP) is 4.25. The minimum atomic E-state index is -0.747. The van der Waals surface area contributed by atoms with Gasteiger partial charge in [0.25, 0.3) is 23.6 Å². The first-order chi connectivity index (χ1) is 20.0. The van der Waals surface area contributed by atoms with E-state index in [9.17, 15) is 28.8 Å². The fourth-order valence-electron chi connectivity index (χ4n) is 4.82. The van der Waals surface area contributed by atoms with Gasteiger partial charge < -0.3 is 9.47 Å². The van der Waals surface area contributed by atoms with Gasteiger partial charge in [-0.1, -0.05) is 31.4 Å². The number of ether oxygens (including phenoxy) is 2. The third-order valence-corrected chi connectivity index (χ3v) is 6.59. The van der Waals surface area contributed by atoms with Crippen LogP contribution in [0.3, 0.4) is 0 Å². The van der Waals surface area contributed by atoms with Crippen molar-refractivity contribution < 1.29 is 38.2 Å². The number of rotatable bonds is 8. The molecule has 0 unspecified atom stereocenters. The molecule has 42 heavy (non-hydrogen) atoms. The third kappa shape index (κ3) is 4.90. The Morgan fingerprint density at radius 1 is 0.619 bits per heavy atom. The molecule has 3 aromatic carbocycles. The summed E-state index contributed by atoms with van der Waals surface area (Å²) in [6, 6.07) is 11.9. The summed E-state index contributed by atoms with van der Waals surface area (Å²) in [4.78, 5) is 77.1. The topological polar surface area (TPSA) is 145 Å². The Balaban J connectivity index is 1.73. The van der Waals surface area contributed by atoms with Crippen LogP contribution in [0.25, 0.3) is 22.3 Å². The van der Waals surface area contributed by atoms with Gasteiger partial charge in [-0.25, -0.2) is 9.59 Å². The van der Waals surface area contributed by atoms with Crippen LogP contribution in [0.15, 0.2) is 72.8 Å². The van der Waals surface area contributed by atoms with Crippen LogP contribution in [0.2, 0.25) is 0 Å². The van der Waals surface area contributed by atoms with Crippen molar-refractivity contribution in [2.75, 3.05) is 13.2 Å². The molecule has 10 heteroatoms. The molecular formula is C32H24N2O8. The molecule has 0 atom stereocenters. The van der Waals surface area contributed by atoms with E-state index in [1.165, 1.54) is 24.3 Å². The molecule has 0 aliphatic carbocycles. The second-order valence-electron chi connectivity index (χ2n) is 10.0. The molecule has 4 amide bonds. The molecule has 0 spiro atoms. The summed E-state index contributed by atoms with van der Waals surface area (Å²) >= 11 is 0. The SMILES string of the molecule is C=C(C)COC(=O)c1ccc2c(c1-c1cccc(-c3c(C(=O)OCC(=C)C)ccc4c3C(=O)NC4=O)c1)C(=O)NC2=O. The zero-order valence-electron chi connectivity index (χ0n) is 22.7. The molecule has 0 saturated heterocycles. The lowest BCUT2D eigenvalue weighted by molar-refractivity contribution is 0.0532. The Kier molecular flexibility index (Phi) is 7.13. The summed E-state index contributed by atoms with van der Waals surface area (Å²) in [5.74, 6) is -4.12. The number of nitrogens with one attached hydrogen (secondary N) is 2. The van der Waals surface area contributed by atoms with E-state index in [1.807, 2.05) is 0 Å². The first kappa shape index (κ1) is 27.9. The van der Waals surface area contributed by atoms with Gasteiger partial charge in [0.15, 0.2) is 0 Å². The van der Waals surface area contributed by atoms with Gasteiger partial charge in [0, 0.05) is 11.1 Å². The molecule has 2 N–H and O–H groups in total. The lowest BCUT2D eigenvalue weighted by Crippen LogP contribution is -2.20. The van der Waals surface area contributed by atoms with Crippen LogP contribution < -0.4 is 10.6 Å². The average Bonchev–Trinajstić information content (AvgIpc) is 3.42. The molecular weight excluding hydrogens is 540 g/mol. The number of esters is 2. The molecule has 0 bridgehead atoms. The van der Waals surface area contributed by atoms with E-state index >= 15 is 0 Å². The smallest absolute Gasteiger partial charge is 0.339 e. The molecule has 2 heterocycles. The minimum Gasteiger partial charge on any atom is -0.458 e. The van der Waals surface area contributed by atoms with Gasteiger partial charge in [0.1, 0.15) is 13.2 Å². The lowest BCUT2D eigenvalue weighted by Gasteiger charge is -2.16. The van der Waals surface area contributed by atoms with Gasteiger partial charge in [-0.15, -0.1) is 0 Å². The van der Waals surface area contributed by atoms with Gasteiger partial charge in [0.2, 0.25) is 0 Å². The fourth-order valence-corrected chi connectivity index (χ4v) is 4.82. The summed E-state index contributed by atoms with van der Waals surface area (Å²) in [5.41, 5.74) is 2.23. The predicted molar refractivity (Wildman–Crippen MR) is 151 cm³/mol. The number of amides is 4. The Labute approximate surface area is 240 Å². The highest BCUT2D eigenvalue weighted by atomic mass is 16.5. The Bertz CT molecular complexity index is 1670. The van der Waals surface area contributed by atoms with Crippen molar-refractivity contribution in [3.05, 3.63) is 106 Å². The molecule has 0 aromatic heterocycles. The van der Waals surface area contributed by atoms with Crippen LogP contribution >= 0.6 is 0 Å². The van der Waals surface area contributed by atoms with E-state index in [4.69, 9.17) is 9.47 Å². The van der Waals surface area contributed by atoms with Crippen molar-refractivity contribution in [1.82, 2.24) is 10.6 Å². The van der Waals surface area contributed by atoms with Crippen LogP contribution in [-0.4, -0.2) is 48.8 Å². The lowest BCUT2D eigenvalue weighted by atomic mass is 9.87. The molecule has 5 rings (SSSR count). The maximum Gasteiger partial charge on any atom is 0.339 e. The first-order valence-corrected chi connectivity index (χ1v) is 12.8. The third-order valence-electron chi connectivity index (χ3n) is 6.59. The summed E-state index contributed by atoms with van der Waals surface area (Å²) in [7, 11) is 0. The Morgan fingerprint density at radius 2 is 1.02 bits per heavy atom. The van der Waals surface area contributed by atoms with Gasteiger partial charge in [-0.05, 0) is 66.5 Å². The van der Waals surface area contributed by atoms with Crippen LogP contribution in [0.5, 0.6) is 0 Å². The molecule has 0 radical (unpaired) electrons. The standard InChI is InChI=1S/C32H24N2O8/c1-15(2)13-41-31(39)21-10-8-19-25(29(37)33-27(19)35)23(21)17-6-5-7-18(12-17)24-22(32(40)42-14-16(3)4)11-9-20-26(24)30(38)34-28(20)36/h5-12H,1,3,13-14H2,2,4H3,(H,33,35,37)(H,34,36,38). The molecule has 2 aliphatic rings. The average molecular weight is 565 g/mol. The highest BCUT2D eigenvalue weighted by Crippen LogP contribution is 2.38. The van der Waals surface area contributed by atoms with E-state index in [-0.39, 0.29) is 57.7 Å². The van der Waals surface area contributed by atoms with E-state index in [2.05, 4.69) is 23.8 Å². The highest BCUT2D eigenvalue weighted by Gasteiger charge is 2.35. The second-order valence-corrected chi connectivity index (χ2v) is 10.0. The van der Waals surface area contributed by atoms with E-state index < -0.39 is 35.6 Å².